The molecule has 1 aromatic carbocycles. The highest BCUT2D eigenvalue weighted by Gasteiger charge is 2.03. The van der Waals surface area contributed by atoms with Crippen LogP contribution in [-0.4, -0.2) is 15.9 Å². The summed E-state index contributed by atoms with van der Waals surface area (Å²) >= 11 is 0. The van der Waals surface area contributed by atoms with Gasteiger partial charge in [-0.15, -0.1) is 0 Å². The molecule has 0 spiro atoms. The van der Waals surface area contributed by atoms with Crippen LogP contribution in [0, 0.1) is 5.82 Å². The Labute approximate surface area is 103 Å². The molecule has 1 heterocycles. The van der Waals surface area contributed by atoms with Crippen LogP contribution in [0.5, 0.6) is 5.75 Å². The van der Waals surface area contributed by atoms with E-state index in [4.69, 9.17) is 0 Å². The van der Waals surface area contributed by atoms with E-state index < -0.39 is 5.82 Å². The maximum absolute atomic E-state index is 13.0. The van der Waals surface area contributed by atoms with Crippen molar-refractivity contribution in [3.8, 4) is 5.75 Å². The first-order chi connectivity index (χ1) is 8.66. The van der Waals surface area contributed by atoms with E-state index in [0.29, 0.717) is 5.56 Å². The van der Waals surface area contributed by atoms with Crippen LogP contribution in [0.15, 0.2) is 48.8 Å². The van der Waals surface area contributed by atoms with Crippen molar-refractivity contribution in [3.05, 3.63) is 65.7 Å². The van der Waals surface area contributed by atoms with Crippen LogP contribution in [0.25, 0.3) is 6.08 Å². The number of aromatic hydroxyl groups is 1. The number of ketones is 1. The van der Waals surface area contributed by atoms with Crippen LogP contribution < -0.4 is 0 Å². The largest absolute Gasteiger partial charge is 0.507 e. The third-order valence-corrected chi connectivity index (χ3v) is 2.35. The third kappa shape index (κ3) is 2.79. The van der Waals surface area contributed by atoms with E-state index in [0.717, 1.165) is 12.1 Å². The van der Waals surface area contributed by atoms with Gasteiger partial charge in [-0.3, -0.25) is 9.78 Å². The molecular weight excluding hydrogens is 233 g/mol. The van der Waals surface area contributed by atoms with Crippen LogP contribution in [-0.2, 0) is 0 Å². The minimum absolute atomic E-state index is 0.0772. The Hall–Kier alpha value is -2.49. The van der Waals surface area contributed by atoms with Crippen LogP contribution in [0.1, 0.15) is 15.9 Å². The minimum atomic E-state index is -0.471. The Morgan fingerprint density at radius 3 is 2.89 bits per heavy atom. The number of rotatable bonds is 3. The number of aromatic nitrogens is 1. The second-order valence-corrected chi connectivity index (χ2v) is 3.64. The smallest absolute Gasteiger partial charge is 0.187 e. The lowest BCUT2D eigenvalue weighted by Gasteiger charge is -1.98. The van der Waals surface area contributed by atoms with Gasteiger partial charge in [-0.25, -0.2) is 4.39 Å². The second kappa shape index (κ2) is 5.23. The molecule has 0 saturated heterocycles. The summed E-state index contributed by atoms with van der Waals surface area (Å²) in [6.07, 6.45) is 5.65. The molecule has 1 aromatic heterocycles. The van der Waals surface area contributed by atoms with Crippen molar-refractivity contribution in [3.63, 3.8) is 0 Å². The van der Waals surface area contributed by atoms with E-state index in [1.54, 1.807) is 18.3 Å². The van der Waals surface area contributed by atoms with E-state index in [1.165, 1.54) is 24.4 Å². The standard InChI is InChI=1S/C14H10FNO2/c15-12-4-6-13(17)10(8-12)3-5-14(18)11-2-1-7-16-9-11/h1-9,17H. The number of phenols is 1. The van der Waals surface area contributed by atoms with Gasteiger partial charge in [-0.05, 0) is 42.5 Å². The molecule has 18 heavy (non-hydrogen) atoms. The zero-order chi connectivity index (χ0) is 13.0. The van der Waals surface area contributed by atoms with E-state index in [1.807, 2.05) is 0 Å². The third-order valence-electron chi connectivity index (χ3n) is 2.35. The van der Waals surface area contributed by atoms with Crippen molar-refractivity contribution >= 4 is 11.9 Å². The van der Waals surface area contributed by atoms with Gasteiger partial charge in [-0.1, -0.05) is 0 Å². The van der Waals surface area contributed by atoms with Crippen molar-refractivity contribution in [2.24, 2.45) is 0 Å². The monoisotopic (exact) mass is 243 g/mol. The number of benzene rings is 1. The summed E-state index contributed by atoms with van der Waals surface area (Å²) in [4.78, 5) is 15.5. The molecule has 0 bridgehead atoms. The van der Waals surface area contributed by atoms with Crippen molar-refractivity contribution in [2.75, 3.05) is 0 Å². The number of carbonyl (C=O) groups is 1. The minimum Gasteiger partial charge on any atom is -0.507 e. The zero-order valence-corrected chi connectivity index (χ0v) is 9.38. The predicted octanol–water partition coefficient (Wildman–Crippen LogP) is 2.82. The normalized spacial score (nSPS) is 10.7. The lowest BCUT2D eigenvalue weighted by molar-refractivity contribution is 0.104. The Bertz CT molecular complexity index is 594. The molecule has 0 radical (unpaired) electrons. The van der Waals surface area contributed by atoms with Gasteiger partial charge in [0.15, 0.2) is 5.78 Å². The van der Waals surface area contributed by atoms with Crippen LogP contribution in [0.3, 0.4) is 0 Å². The fraction of sp³-hybridized carbons (Fsp3) is 0. The Balaban J connectivity index is 2.21. The Kier molecular flexibility index (Phi) is 3.48. The molecule has 0 amide bonds. The highest BCUT2D eigenvalue weighted by atomic mass is 19.1. The molecule has 2 rings (SSSR count). The first kappa shape index (κ1) is 12.0. The molecule has 90 valence electrons. The summed E-state index contributed by atoms with van der Waals surface area (Å²) in [7, 11) is 0. The lowest BCUT2D eigenvalue weighted by Crippen LogP contribution is -1.94. The van der Waals surface area contributed by atoms with E-state index >= 15 is 0 Å². The molecule has 0 fully saturated rings. The van der Waals surface area contributed by atoms with Gasteiger partial charge in [0.2, 0.25) is 0 Å². The summed E-state index contributed by atoms with van der Waals surface area (Å²) in [5.74, 6) is -0.806. The number of allylic oxidation sites excluding steroid dienone is 1. The molecule has 0 saturated carbocycles. The number of hydrogen-bond donors (Lipinski definition) is 1. The molecule has 0 aliphatic heterocycles. The van der Waals surface area contributed by atoms with Crippen molar-refractivity contribution in [1.29, 1.82) is 0 Å². The SMILES string of the molecule is O=C(C=Cc1cc(F)ccc1O)c1cccnc1. The van der Waals surface area contributed by atoms with E-state index in [9.17, 15) is 14.3 Å². The second-order valence-electron chi connectivity index (χ2n) is 3.64. The predicted molar refractivity (Wildman–Crippen MR) is 65.7 cm³/mol. The summed E-state index contributed by atoms with van der Waals surface area (Å²) in [6.45, 7) is 0. The average Bonchev–Trinajstić information content (AvgIpc) is 2.40. The van der Waals surface area contributed by atoms with E-state index in [2.05, 4.69) is 4.98 Å². The van der Waals surface area contributed by atoms with Crippen LogP contribution in [0.4, 0.5) is 4.39 Å². The van der Waals surface area contributed by atoms with Gasteiger partial charge in [0, 0.05) is 23.5 Å². The lowest BCUT2D eigenvalue weighted by atomic mass is 10.1. The van der Waals surface area contributed by atoms with Gasteiger partial charge in [0.05, 0.1) is 0 Å². The number of carbonyl (C=O) groups excluding carboxylic acids is 1. The summed E-state index contributed by atoms with van der Waals surface area (Å²) < 4.78 is 13.0. The number of phenolic OH excluding ortho intramolecular Hbond substituents is 1. The summed E-state index contributed by atoms with van der Waals surface area (Å²) in [6, 6.07) is 6.83. The molecule has 1 N–H and O–H groups in total. The van der Waals surface area contributed by atoms with Crippen molar-refractivity contribution in [2.45, 2.75) is 0 Å². The van der Waals surface area contributed by atoms with Gasteiger partial charge in [0.25, 0.3) is 0 Å². The molecule has 4 heteroatoms. The van der Waals surface area contributed by atoms with E-state index in [-0.39, 0.29) is 17.1 Å². The first-order valence-corrected chi connectivity index (χ1v) is 5.28. The van der Waals surface area contributed by atoms with Crippen molar-refractivity contribution in [1.82, 2.24) is 4.98 Å². The molecule has 0 atom stereocenters. The van der Waals surface area contributed by atoms with Gasteiger partial charge in [0.1, 0.15) is 11.6 Å². The fourth-order valence-electron chi connectivity index (χ4n) is 1.43. The summed E-state index contributed by atoms with van der Waals surface area (Å²) in [5, 5.41) is 9.48. The fourth-order valence-corrected chi connectivity index (χ4v) is 1.43. The van der Waals surface area contributed by atoms with Crippen molar-refractivity contribution < 1.29 is 14.3 Å². The highest BCUT2D eigenvalue weighted by Crippen LogP contribution is 2.19. The number of pyridine rings is 1. The Morgan fingerprint density at radius 1 is 1.33 bits per heavy atom. The number of nitrogens with zero attached hydrogens (tertiary/aromatic N) is 1. The molecule has 3 nitrogen and oxygen atoms in total. The zero-order valence-electron chi connectivity index (χ0n) is 9.38. The summed E-state index contributed by atoms with van der Waals surface area (Å²) in [5.41, 5.74) is 0.692. The molecule has 0 unspecified atom stereocenters. The number of halogens is 1. The molecule has 0 aliphatic carbocycles. The van der Waals surface area contributed by atoms with Gasteiger partial charge >= 0.3 is 0 Å². The topological polar surface area (TPSA) is 50.2 Å². The maximum Gasteiger partial charge on any atom is 0.187 e. The quantitative estimate of drug-likeness (QED) is 0.666. The number of hydrogen-bond acceptors (Lipinski definition) is 3. The van der Waals surface area contributed by atoms with Crippen LogP contribution in [0.2, 0.25) is 0 Å². The molecule has 0 aliphatic rings. The van der Waals surface area contributed by atoms with Gasteiger partial charge in [-0.2, -0.15) is 0 Å². The average molecular weight is 243 g/mol. The highest BCUT2D eigenvalue weighted by molar-refractivity contribution is 6.06. The van der Waals surface area contributed by atoms with Crippen LogP contribution >= 0.6 is 0 Å². The maximum atomic E-state index is 13.0. The van der Waals surface area contributed by atoms with Gasteiger partial charge < -0.3 is 5.11 Å². The first-order valence-electron chi connectivity index (χ1n) is 5.28. The molecule has 2 aromatic rings. The Morgan fingerprint density at radius 2 is 2.17 bits per heavy atom. The molecular formula is C14H10FNO2.